The Morgan fingerprint density at radius 2 is 1.62 bits per heavy atom. The number of hydrogen-bond donors (Lipinski definition) is 1. The van der Waals surface area contributed by atoms with Gasteiger partial charge in [-0.05, 0) is 49.9 Å². The predicted molar refractivity (Wildman–Crippen MR) is 140 cm³/mol. The van der Waals surface area contributed by atoms with Crippen LogP contribution in [0, 0.1) is 0 Å². The van der Waals surface area contributed by atoms with Gasteiger partial charge in [-0.2, -0.15) is 5.10 Å². The van der Waals surface area contributed by atoms with Crippen LogP contribution in [0.2, 0.25) is 0 Å². The SMILES string of the molecule is CN1CCN(C(=O)CCCCCCCCCCN2N=C3C(=CC2N)CCc2ccccc23)CC1. The fourth-order valence-corrected chi connectivity index (χ4v) is 5.32. The van der Waals surface area contributed by atoms with Crippen LogP contribution >= 0.6 is 0 Å². The molecule has 34 heavy (non-hydrogen) atoms. The summed E-state index contributed by atoms with van der Waals surface area (Å²) in [6.45, 7) is 4.73. The third-order valence-electron chi connectivity index (χ3n) is 7.57. The first-order chi connectivity index (χ1) is 16.6. The van der Waals surface area contributed by atoms with Crippen molar-refractivity contribution < 1.29 is 4.79 Å². The van der Waals surface area contributed by atoms with Gasteiger partial charge in [0.25, 0.3) is 0 Å². The van der Waals surface area contributed by atoms with Crippen LogP contribution in [-0.4, -0.2) is 72.4 Å². The molecule has 1 unspecified atom stereocenters. The Bertz CT molecular complexity index is 871. The highest BCUT2D eigenvalue weighted by molar-refractivity contribution is 6.14. The lowest BCUT2D eigenvalue weighted by Gasteiger charge is -2.33. The first-order valence-corrected chi connectivity index (χ1v) is 13.5. The molecule has 1 aromatic carbocycles. The van der Waals surface area contributed by atoms with Crippen LogP contribution in [0.4, 0.5) is 0 Å². The minimum absolute atomic E-state index is 0.0995. The van der Waals surface area contributed by atoms with Gasteiger partial charge in [0.05, 0.1) is 5.71 Å². The molecule has 1 aromatic rings. The summed E-state index contributed by atoms with van der Waals surface area (Å²) in [5, 5.41) is 7.05. The average molecular weight is 466 g/mol. The lowest BCUT2D eigenvalue weighted by atomic mass is 9.85. The molecule has 0 bridgehead atoms. The van der Waals surface area contributed by atoms with Gasteiger partial charge < -0.3 is 15.5 Å². The van der Waals surface area contributed by atoms with Crippen LogP contribution < -0.4 is 5.73 Å². The zero-order valence-electron chi connectivity index (χ0n) is 21.1. The Labute approximate surface area is 205 Å². The molecule has 0 aromatic heterocycles. The number of nitrogens with two attached hydrogens (primary N) is 1. The van der Waals surface area contributed by atoms with Crippen molar-refractivity contribution >= 4 is 11.6 Å². The molecule has 1 amide bonds. The second kappa shape index (κ2) is 12.5. The molecule has 1 fully saturated rings. The van der Waals surface area contributed by atoms with Crippen LogP contribution in [0.1, 0.15) is 75.3 Å². The number of piperazine rings is 1. The number of amides is 1. The number of nitrogens with zero attached hydrogens (tertiary/aromatic N) is 4. The van der Waals surface area contributed by atoms with E-state index in [4.69, 9.17) is 10.8 Å². The molecule has 2 N–H and O–H groups in total. The van der Waals surface area contributed by atoms with Crippen LogP contribution in [0.5, 0.6) is 0 Å². The number of carbonyl (C=O) groups excluding carboxylic acids is 1. The summed E-state index contributed by atoms with van der Waals surface area (Å²) in [6, 6.07) is 8.64. The standard InChI is InChI=1S/C28H43N5O/c1-31-18-20-32(21-19-31)27(34)14-8-6-4-2-3-5-7-11-17-33-26(29)22-24-16-15-23-12-9-10-13-25(23)28(24)30-33/h9-10,12-13,22,26H,2-8,11,14-21,29H2,1H3. The van der Waals surface area contributed by atoms with Crippen molar-refractivity contribution in [1.82, 2.24) is 14.8 Å². The molecule has 0 spiro atoms. The van der Waals surface area contributed by atoms with E-state index < -0.39 is 0 Å². The Morgan fingerprint density at radius 3 is 2.38 bits per heavy atom. The molecule has 0 radical (unpaired) electrons. The van der Waals surface area contributed by atoms with E-state index in [0.29, 0.717) is 5.91 Å². The van der Waals surface area contributed by atoms with Gasteiger partial charge in [0.2, 0.25) is 5.91 Å². The summed E-state index contributed by atoms with van der Waals surface area (Å²) in [5.41, 5.74) is 11.5. The number of carbonyl (C=O) groups is 1. The number of allylic oxidation sites excluding steroid dienone is 1. The number of fused-ring (bicyclic) bond motifs is 3. The lowest BCUT2D eigenvalue weighted by Crippen LogP contribution is -2.47. The van der Waals surface area contributed by atoms with Crippen molar-refractivity contribution in [1.29, 1.82) is 0 Å². The third-order valence-corrected chi connectivity index (χ3v) is 7.57. The maximum atomic E-state index is 12.3. The maximum Gasteiger partial charge on any atom is 0.222 e. The zero-order valence-corrected chi connectivity index (χ0v) is 21.1. The van der Waals surface area contributed by atoms with Gasteiger partial charge in [-0.3, -0.25) is 9.80 Å². The van der Waals surface area contributed by atoms with Crippen molar-refractivity contribution in [3.8, 4) is 0 Å². The first kappa shape index (κ1) is 24.9. The third kappa shape index (κ3) is 6.70. The van der Waals surface area contributed by atoms with Crippen molar-refractivity contribution in [3.63, 3.8) is 0 Å². The minimum atomic E-state index is -0.0995. The molecule has 4 rings (SSSR count). The summed E-state index contributed by atoms with van der Waals surface area (Å²) in [7, 11) is 2.13. The molecular formula is C28H43N5O. The highest BCUT2D eigenvalue weighted by atomic mass is 16.2. The van der Waals surface area contributed by atoms with Crippen molar-refractivity contribution in [2.24, 2.45) is 10.8 Å². The Morgan fingerprint density at radius 1 is 0.941 bits per heavy atom. The maximum absolute atomic E-state index is 12.3. The number of hydrogen-bond acceptors (Lipinski definition) is 5. The van der Waals surface area contributed by atoms with E-state index in [9.17, 15) is 4.79 Å². The van der Waals surface area contributed by atoms with E-state index in [2.05, 4.69) is 47.3 Å². The first-order valence-electron chi connectivity index (χ1n) is 13.5. The van der Waals surface area contributed by atoms with Gasteiger partial charge in [-0.15, -0.1) is 0 Å². The van der Waals surface area contributed by atoms with Crippen molar-refractivity contribution in [2.75, 3.05) is 39.8 Å². The van der Waals surface area contributed by atoms with E-state index in [1.807, 2.05) is 4.90 Å². The predicted octanol–water partition coefficient (Wildman–Crippen LogP) is 4.15. The summed E-state index contributed by atoms with van der Waals surface area (Å²) in [6.07, 6.45) is 14.6. The monoisotopic (exact) mass is 465 g/mol. The fraction of sp³-hybridized carbons (Fsp3) is 0.643. The Kier molecular flexibility index (Phi) is 9.17. The van der Waals surface area contributed by atoms with Gasteiger partial charge in [-0.1, -0.05) is 62.8 Å². The number of benzene rings is 1. The smallest absolute Gasteiger partial charge is 0.222 e. The second-order valence-corrected chi connectivity index (χ2v) is 10.2. The largest absolute Gasteiger partial charge is 0.340 e. The molecule has 1 saturated heterocycles. The Hall–Kier alpha value is -2.18. The van der Waals surface area contributed by atoms with E-state index in [0.717, 1.165) is 70.5 Å². The zero-order chi connectivity index (χ0) is 23.8. The van der Waals surface area contributed by atoms with Crippen molar-refractivity contribution in [3.05, 3.63) is 47.0 Å². The molecule has 2 heterocycles. The second-order valence-electron chi connectivity index (χ2n) is 10.2. The molecule has 1 aliphatic carbocycles. The molecule has 3 aliphatic rings. The van der Waals surface area contributed by atoms with Gasteiger partial charge in [-0.25, -0.2) is 0 Å². The average Bonchev–Trinajstić information content (AvgIpc) is 2.85. The molecule has 2 aliphatic heterocycles. The van der Waals surface area contributed by atoms with Crippen LogP contribution in [0.3, 0.4) is 0 Å². The summed E-state index contributed by atoms with van der Waals surface area (Å²) < 4.78 is 0. The number of hydrazone groups is 1. The van der Waals surface area contributed by atoms with Gasteiger partial charge >= 0.3 is 0 Å². The summed E-state index contributed by atoms with van der Waals surface area (Å²) >= 11 is 0. The van der Waals surface area contributed by atoms with E-state index in [-0.39, 0.29) is 6.17 Å². The molecule has 186 valence electrons. The molecule has 1 atom stereocenters. The normalized spacial score (nSPS) is 20.5. The number of aryl methyl sites for hydroxylation is 1. The number of rotatable bonds is 11. The summed E-state index contributed by atoms with van der Waals surface area (Å²) in [5.74, 6) is 0.353. The van der Waals surface area contributed by atoms with Gasteiger partial charge in [0.1, 0.15) is 6.17 Å². The highest BCUT2D eigenvalue weighted by Gasteiger charge is 2.26. The van der Waals surface area contributed by atoms with Crippen molar-refractivity contribution in [2.45, 2.75) is 76.8 Å². The van der Waals surface area contributed by atoms with E-state index in [1.165, 1.54) is 55.2 Å². The molecular weight excluding hydrogens is 422 g/mol. The topological polar surface area (TPSA) is 65.2 Å². The Balaban J connectivity index is 1.06. The van der Waals surface area contributed by atoms with Crippen LogP contribution in [-0.2, 0) is 11.2 Å². The van der Waals surface area contributed by atoms with Crippen LogP contribution in [0.15, 0.2) is 41.0 Å². The van der Waals surface area contributed by atoms with Gasteiger partial charge in [0.15, 0.2) is 0 Å². The highest BCUT2D eigenvalue weighted by Crippen LogP contribution is 2.29. The van der Waals surface area contributed by atoms with E-state index >= 15 is 0 Å². The molecule has 0 saturated carbocycles. The molecule has 6 heteroatoms. The number of likely N-dealkylation sites (N-methyl/N-ethyl adjacent to an activating group) is 1. The van der Waals surface area contributed by atoms with Crippen LogP contribution in [0.25, 0.3) is 0 Å². The lowest BCUT2D eigenvalue weighted by molar-refractivity contribution is -0.132. The minimum Gasteiger partial charge on any atom is -0.340 e. The molecule has 6 nitrogen and oxygen atoms in total. The number of unbranched alkanes of at least 4 members (excludes halogenated alkanes) is 7. The quantitative estimate of drug-likeness (QED) is 0.499. The van der Waals surface area contributed by atoms with E-state index in [1.54, 1.807) is 0 Å². The fourth-order valence-electron chi connectivity index (χ4n) is 5.32. The van der Waals surface area contributed by atoms with Gasteiger partial charge in [0, 0.05) is 44.7 Å². The summed E-state index contributed by atoms with van der Waals surface area (Å²) in [4.78, 5) is 16.6.